The fourth-order valence-corrected chi connectivity index (χ4v) is 4.81. The van der Waals surface area contributed by atoms with E-state index in [1.807, 2.05) is 24.4 Å². The van der Waals surface area contributed by atoms with Crippen LogP contribution in [-0.4, -0.2) is 42.0 Å². The lowest BCUT2D eigenvalue weighted by molar-refractivity contribution is 0.0833. The van der Waals surface area contributed by atoms with Gasteiger partial charge in [-0.2, -0.15) is 0 Å². The summed E-state index contributed by atoms with van der Waals surface area (Å²) in [5.41, 5.74) is 1.48. The molecule has 1 aliphatic heterocycles. The summed E-state index contributed by atoms with van der Waals surface area (Å²) in [6, 6.07) is 5.63. The molecule has 0 bridgehead atoms. The van der Waals surface area contributed by atoms with Crippen LogP contribution in [0.25, 0.3) is 10.9 Å². The monoisotopic (exact) mass is 359 g/mol. The van der Waals surface area contributed by atoms with Gasteiger partial charge >= 0.3 is 0 Å². The second kappa shape index (κ2) is 7.38. The number of fused-ring (bicyclic) bond motifs is 2. The van der Waals surface area contributed by atoms with Crippen molar-refractivity contribution in [2.45, 2.75) is 32.1 Å². The topological polar surface area (TPSA) is 48.1 Å². The summed E-state index contributed by atoms with van der Waals surface area (Å²) in [5.74, 6) is 1.74. The number of hydrogen-bond donors (Lipinski definition) is 2. The number of nitrogens with zero attached hydrogens (tertiary/aromatic N) is 1. The minimum atomic E-state index is -0.0888. The van der Waals surface area contributed by atoms with Crippen LogP contribution < -0.4 is 5.32 Å². The zero-order valence-corrected chi connectivity index (χ0v) is 15.3. The fraction of sp³-hybridized carbons (Fsp3) is 0.550. The number of piperidine rings is 1. The number of carbonyl (C=O) groups excluding carboxylic acids is 1. The van der Waals surface area contributed by atoms with E-state index in [0.29, 0.717) is 17.1 Å². The number of aromatic nitrogens is 1. The molecule has 4 nitrogen and oxygen atoms in total. The van der Waals surface area contributed by atoms with E-state index in [1.165, 1.54) is 45.2 Å². The van der Waals surface area contributed by atoms with Gasteiger partial charge in [-0.15, -0.1) is 0 Å². The van der Waals surface area contributed by atoms with Gasteiger partial charge < -0.3 is 15.2 Å². The Morgan fingerprint density at radius 1 is 1.24 bits per heavy atom. The molecule has 2 atom stereocenters. The number of carbonyl (C=O) groups is 1. The van der Waals surface area contributed by atoms with E-state index in [2.05, 4.69) is 15.2 Å². The van der Waals surface area contributed by atoms with Gasteiger partial charge in [0.1, 0.15) is 0 Å². The molecule has 1 saturated carbocycles. The van der Waals surface area contributed by atoms with Crippen molar-refractivity contribution >= 4 is 28.4 Å². The van der Waals surface area contributed by atoms with Crippen LogP contribution >= 0.6 is 11.6 Å². The second-order valence-corrected chi connectivity index (χ2v) is 7.95. The van der Waals surface area contributed by atoms with E-state index in [-0.39, 0.29) is 5.91 Å². The Morgan fingerprint density at radius 3 is 2.96 bits per heavy atom. The third-order valence-electron chi connectivity index (χ3n) is 5.97. The van der Waals surface area contributed by atoms with Crippen LogP contribution in [-0.2, 0) is 0 Å². The quantitative estimate of drug-likeness (QED) is 0.864. The Hall–Kier alpha value is -1.52. The maximum absolute atomic E-state index is 12.5. The Kier molecular flexibility index (Phi) is 5.00. The van der Waals surface area contributed by atoms with Gasteiger partial charge in [-0.25, -0.2) is 0 Å². The summed E-state index contributed by atoms with van der Waals surface area (Å²) in [5, 5.41) is 4.57. The number of rotatable bonds is 4. The predicted octanol–water partition coefficient (Wildman–Crippen LogP) is 4.06. The molecule has 2 fully saturated rings. The van der Waals surface area contributed by atoms with Crippen molar-refractivity contribution in [2.24, 2.45) is 11.8 Å². The molecule has 2 unspecified atom stereocenters. The van der Waals surface area contributed by atoms with E-state index in [4.69, 9.17) is 11.6 Å². The highest BCUT2D eigenvalue weighted by Gasteiger charge is 2.30. The lowest BCUT2D eigenvalue weighted by Gasteiger charge is -2.41. The first-order valence-corrected chi connectivity index (χ1v) is 9.86. The largest absolute Gasteiger partial charge is 0.361 e. The van der Waals surface area contributed by atoms with Crippen LogP contribution in [0, 0.1) is 11.8 Å². The van der Waals surface area contributed by atoms with Crippen LogP contribution in [0.3, 0.4) is 0 Å². The van der Waals surface area contributed by atoms with Crippen LogP contribution in [0.1, 0.15) is 42.5 Å². The van der Waals surface area contributed by atoms with Crippen molar-refractivity contribution in [3.8, 4) is 0 Å². The van der Waals surface area contributed by atoms with Gasteiger partial charge in [-0.05, 0) is 49.4 Å². The van der Waals surface area contributed by atoms with Crippen LogP contribution in [0.2, 0.25) is 5.02 Å². The van der Waals surface area contributed by atoms with Gasteiger partial charge in [-0.3, -0.25) is 4.79 Å². The molecule has 0 spiro atoms. The van der Waals surface area contributed by atoms with E-state index < -0.39 is 0 Å². The zero-order valence-electron chi connectivity index (χ0n) is 14.6. The standard InChI is InChI=1S/C20H26ClN3O/c21-18-11-15-5-7-22-19(15)12-17(18)20(25)23-8-10-24-9-6-14-3-1-2-4-16(14)13-24/h5,7,11-12,14,16,22H,1-4,6,8-10,13H2,(H,23,25). The molecular formula is C20H26ClN3O. The fourth-order valence-electron chi connectivity index (χ4n) is 4.55. The number of nitrogens with one attached hydrogen (secondary N) is 2. The summed E-state index contributed by atoms with van der Waals surface area (Å²) in [7, 11) is 0. The van der Waals surface area contributed by atoms with Crippen LogP contribution in [0.15, 0.2) is 24.4 Å². The average molecular weight is 360 g/mol. The van der Waals surface area contributed by atoms with E-state index in [0.717, 1.165) is 29.3 Å². The molecule has 5 heteroatoms. The molecular weight excluding hydrogens is 334 g/mol. The Bertz CT molecular complexity index is 756. The molecule has 0 radical (unpaired) electrons. The zero-order chi connectivity index (χ0) is 17.2. The molecule has 2 aromatic rings. The van der Waals surface area contributed by atoms with Gasteiger partial charge in [0.25, 0.3) is 5.91 Å². The first-order valence-electron chi connectivity index (χ1n) is 9.48. The number of aromatic amines is 1. The first kappa shape index (κ1) is 16.9. The molecule has 1 saturated heterocycles. The summed E-state index contributed by atoms with van der Waals surface area (Å²) in [6.45, 7) is 3.98. The SMILES string of the molecule is O=C(NCCN1CCC2CCCCC2C1)c1cc2[nH]ccc2cc1Cl. The molecule has 1 aromatic carbocycles. The molecule has 1 aliphatic carbocycles. The highest BCUT2D eigenvalue weighted by molar-refractivity contribution is 6.34. The van der Waals surface area contributed by atoms with Crippen LogP contribution in [0.5, 0.6) is 0 Å². The van der Waals surface area contributed by atoms with E-state index in [1.54, 1.807) is 0 Å². The van der Waals surface area contributed by atoms with Crippen LogP contribution in [0.4, 0.5) is 0 Å². The molecule has 134 valence electrons. The first-order chi connectivity index (χ1) is 12.2. The number of benzene rings is 1. The minimum Gasteiger partial charge on any atom is -0.361 e. The predicted molar refractivity (Wildman–Crippen MR) is 102 cm³/mol. The van der Waals surface area contributed by atoms with E-state index in [9.17, 15) is 4.79 Å². The van der Waals surface area contributed by atoms with Gasteiger partial charge in [0.2, 0.25) is 0 Å². The smallest absolute Gasteiger partial charge is 0.252 e. The van der Waals surface area contributed by atoms with Gasteiger partial charge in [0.15, 0.2) is 0 Å². The molecule has 4 rings (SSSR count). The summed E-state index contributed by atoms with van der Waals surface area (Å²) < 4.78 is 0. The van der Waals surface area contributed by atoms with Gasteiger partial charge in [0.05, 0.1) is 10.6 Å². The van der Waals surface area contributed by atoms with Crippen molar-refractivity contribution in [1.82, 2.24) is 15.2 Å². The van der Waals surface area contributed by atoms with E-state index >= 15 is 0 Å². The maximum atomic E-state index is 12.5. The number of likely N-dealkylation sites (tertiary alicyclic amines) is 1. The molecule has 25 heavy (non-hydrogen) atoms. The number of hydrogen-bond acceptors (Lipinski definition) is 2. The number of amides is 1. The van der Waals surface area contributed by atoms with Gasteiger partial charge in [-0.1, -0.05) is 30.9 Å². The lowest BCUT2D eigenvalue weighted by atomic mass is 9.75. The number of H-pyrrole nitrogens is 1. The van der Waals surface area contributed by atoms with Crippen molar-refractivity contribution in [3.05, 3.63) is 35.0 Å². The van der Waals surface area contributed by atoms with Crippen molar-refractivity contribution in [3.63, 3.8) is 0 Å². The summed E-state index contributed by atoms with van der Waals surface area (Å²) >= 11 is 6.27. The van der Waals surface area contributed by atoms with Crippen molar-refractivity contribution in [1.29, 1.82) is 0 Å². The summed E-state index contributed by atoms with van der Waals surface area (Å²) in [6.07, 6.45) is 8.81. The number of halogens is 1. The molecule has 2 N–H and O–H groups in total. The lowest BCUT2D eigenvalue weighted by Crippen LogP contribution is -2.44. The molecule has 1 aromatic heterocycles. The Morgan fingerprint density at radius 2 is 2.08 bits per heavy atom. The molecule has 1 amide bonds. The highest BCUT2D eigenvalue weighted by Crippen LogP contribution is 2.35. The third-order valence-corrected chi connectivity index (χ3v) is 6.29. The minimum absolute atomic E-state index is 0.0888. The van der Waals surface area contributed by atoms with Crippen molar-refractivity contribution < 1.29 is 4.79 Å². The molecule has 2 heterocycles. The average Bonchev–Trinajstić information content (AvgIpc) is 3.08. The van der Waals surface area contributed by atoms with Gasteiger partial charge in [0, 0.05) is 36.7 Å². The highest BCUT2D eigenvalue weighted by atomic mass is 35.5. The summed E-state index contributed by atoms with van der Waals surface area (Å²) in [4.78, 5) is 18.1. The normalized spacial score (nSPS) is 24.2. The second-order valence-electron chi connectivity index (χ2n) is 7.55. The van der Waals surface area contributed by atoms with Crippen molar-refractivity contribution in [2.75, 3.05) is 26.2 Å². The maximum Gasteiger partial charge on any atom is 0.252 e. The molecule has 2 aliphatic rings. The Balaban J connectivity index is 1.30. The third kappa shape index (κ3) is 3.70. The Labute approximate surface area is 153 Å².